The Morgan fingerprint density at radius 2 is 1.96 bits per heavy atom. The number of para-hydroxylation sites is 1. The maximum atomic E-state index is 12.5. The van der Waals surface area contributed by atoms with Gasteiger partial charge in [0.05, 0.1) is 16.8 Å². The highest BCUT2D eigenvalue weighted by molar-refractivity contribution is 9.10. The molecule has 1 heterocycles. The van der Waals surface area contributed by atoms with E-state index in [0.717, 1.165) is 33.1 Å². The van der Waals surface area contributed by atoms with Crippen LogP contribution in [0, 0.1) is 0 Å². The molecule has 3 aromatic rings. The normalized spacial score (nSPS) is 10.7. The highest BCUT2D eigenvalue weighted by atomic mass is 79.9. The summed E-state index contributed by atoms with van der Waals surface area (Å²) in [6.07, 6.45) is 0.910. The highest BCUT2D eigenvalue weighted by Gasteiger charge is 2.13. The Bertz CT molecular complexity index is 861. The summed E-state index contributed by atoms with van der Waals surface area (Å²) in [6.45, 7) is 2.71. The minimum absolute atomic E-state index is 0.0540. The Morgan fingerprint density at radius 3 is 2.74 bits per heavy atom. The first-order chi connectivity index (χ1) is 11.2. The zero-order valence-electron chi connectivity index (χ0n) is 12.8. The monoisotopic (exact) mass is 368 g/mol. The van der Waals surface area contributed by atoms with E-state index in [1.807, 2.05) is 61.5 Å². The van der Waals surface area contributed by atoms with Crippen molar-refractivity contribution in [3.63, 3.8) is 0 Å². The van der Waals surface area contributed by atoms with Crippen LogP contribution in [0.2, 0.25) is 0 Å². The molecule has 3 nitrogen and oxygen atoms in total. The second kappa shape index (κ2) is 6.92. The summed E-state index contributed by atoms with van der Waals surface area (Å²) in [5.74, 6) is -0.0540. The molecule has 2 aromatic carbocycles. The Kier molecular flexibility index (Phi) is 4.72. The zero-order chi connectivity index (χ0) is 16.2. The molecular weight excluding hydrogens is 352 g/mol. The van der Waals surface area contributed by atoms with Crippen molar-refractivity contribution in [2.45, 2.75) is 13.3 Å². The molecule has 0 atom stereocenters. The smallest absolute Gasteiger partial charge is 0.252 e. The van der Waals surface area contributed by atoms with Crippen LogP contribution in [-0.2, 0) is 0 Å². The van der Waals surface area contributed by atoms with Gasteiger partial charge < -0.3 is 5.32 Å². The Morgan fingerprint density at radius 1 is 1.13 bits per heavy atom. The lowest BCUT2D eigenvalue weighted by Crippen LogP contribution is -2.24. The van der Waals surface area contributed by atoms with Gasteiger partial charge in [0.25, 0.3) is 5.91 Å². The van der Waals surface area contributed by atoms with E-state index in [4.69, 9.17) is 4.98 Å². The van der Waals surface area contributed by atoms with E-state index in [1.54, 1.807) is 0 Å². The second-order valence-corrected chi connectivity index (χ2v) is 6.25. The fourth-order valence-electron chi connectivity index (χ4n) is 2.49. The molecule has 3 rings (SSSR count). The van der Waals surface area contributed by atoms with Crippen molar-refractivity contribution in [1.82, 2.24) is 10.3 Å². The maximum absolute atomic E-state index is 12.5. The van der Waals surface area contributed by atoms with Crippen molar-refractivity contribution < 1.29 is 4.79 Å². The number of pyridine rings is 1. The first-order valence-corrected chi connectivity index (χ1v) is 8.42. The van der Waals surface area contributed by atoms with Crippen LogP contribution < -0.4 is 5.32 Å². The number of halogens is 1. The number of hydrogen-bond acceptors (Lipinski definition) is 2. The van der Waals surface area contributed by atoms with E-state index in [2.05, 4.69) is 21.2 Å². The summed E-state index contributed by atoms with van der Waals surface area (Å²) in [7, 11) is 0. The molecule has 0 saturated carbocycles. The average molecular weight is 369 g/mol. The Labute approximate surface area is 143 Å². The van der Waals surface area contributed by atoms with Crippen LogP contribution in [0.3, 0.4) is 0 Å². The Balaban J connectivity index is 2.15. The van der Waals surface area contributed by atoms with Crippen molar-refractivity contribution in [3.05, 3.63) is 64.6 Å². The largest absolute Gasteiger partial charge is 0.352 e. The standard InChI is InChI=1S/C19H17BrN2O/c1-2-10-21-19(23)16-12-18(13-6-5-7-14(20)11-13)22-17-9-4-3-8-15(16)17/h3-9,11-12H,2,10H2,1H3,(H,21,23). The van der Waals surface area contributed by atoms with Crippen LogP contribution in [0.25, 0.3) is 22.2 Å². The molecule has 0 aliphatic heterocycles. The lowest BCUT2D eigenvalue weighted by molar-refractivity contribution is 0.0955. The molecule has 0 radical (unpaired) electrons. The van der Waals surface area contributed by atoms with Crippen molar-refractivity contribution in [3.8, 4) is 11.3 Å². The molecular formula is C19H17BrN2O. The molecule has 0 spiro atoms. The predicted octanol–water partition coefficient (Wildman–Crippen LogP) is 4.80. The molecule has 4 heteroatoms. The van der Waals surface area contributed by atoms with Crippen LogP contribution in [0.4, 0.5) is 0 Å². The van der Waals surface area contributed by atoms with Crippen molar-refractivity contribution >= 4 is 32.7 Å². The third-order valence-corrected chi connectivity index (χ3v) is 4.11. The van der Waals surface area contributed by atoms with E-state index in [-0.39, 0.29) is 5.91 Å². The lowest BCUT2D eigenvalue weighted by atomic mass is 10.0. The zero-order valence-corrected chi connectivity index (χ0v) is 14.4. The number of carbonyl (C=O) groups is 1. The number of amides is 1. The molecule has 1 amide bonds. The van der Waals surface area contributed by atoms with Gasteiger partial charge in [-0.25, -0.2) is 4.98 Å². The number of aromatic nitrogens is 1. The van der Waals surface area contributed by atoms with Gasteiger partial charge in [-0.15, -0.1) is 0 Å². The van der Waals surface area contributed by atoms with Crippen LogP contribution in [0.1, 0.15) is 23.7 Å². The van der Waals surface area contributed by atoms with Crippen LogP contribution in [0.15, 0.2) is 59.1 Å². The van der Waals surface area contributed by atoms with E-state index < -0.39 is 0 Å². The average Bonchev–Trinajstić information content (AvgIpc) is 2.58. The molecule has 0 bridgehead atoms. The molecule has 0 aliphatic rings. The number of hydrogen-bond donors (Lipinski definition) is 1. The second-order valence-electron chi connectivity index (χ2n) is 5.34. The summed E-state index contributed by atoms with van der Waals surface area (Å²) in [5, 5.41) is 3.83. The molecule has 0 aliphatic carbocycles. The van der Waals surface area contributed by atoms with Crippen LogP contribution >= 0.6 is 15.9 Å². The molecule has 0 unspecified atom stereocenters. The fraction of sp³-hybridized carbons (Fsp3) is 0.158. The first-order valence-electron chi connectivity index (χ1n) is 7.63. The lowest BCUT2D eigenvalue weighted by Gasteiger charge is -2.10. The molecule has 1 aromatic heterocycles. The SMILES string of the molecule is CCCNC(=O)c1cc(-c2cccc(Br)c2)nc2ccccc12. The number of fused-ring (bicyclic) bond motifs is 1. The van der Waals surface area contributed by atoms with Gasteiger partial charge in [0.15, 0.2) is 0 Å². The van der Waals surface area contributed by atoms with Crippen molar-refractivity contribution in [1.29, 1.82) is 0 Å². The third-order valence-electron chi connectivity index (χ3n) is 3.62. The van der Waals surface area contributed by atoms with Gasteiger partial charge in [-0.1, -0.05) is 53.2 Å². The van der Waals surface area contributed by atoms with E-state index in [9.17, 15) is 4.79 Å². The molecule has 0 fully saturated rings. The topological polar surface area (TPSA) is 42.0 Å². The van der Waals surface area contributed by atoms with Gasteiger partial charge in [-0.2, -0.15) is 0 Å². The van der Waals surface area contributed by atoms with Crippen LogP contribution in [0.5, 0.6) is 0 Å². The van der Waals surface area contributed by atoms with Crippen LogP contribution in [-0.4, -0.2) is 17.4 Å². The number of benzene rings is 2. The van der Waals surface area contributed by atoms with Gasteiger partial charge in [0.2, 0.25) is 0 Å². The molecule has 23 heavy (non-hydrogen) atoms. The van der Waals surface area contributed by atoms with E-state index in [1.165, 1.54) is 0 Å². The highest BCUT2D eigenvalue weighted by Crippen LogP contribution is 2.26. The summed E-state index contributed by atoms with van der Waals surface area (Å²) in [6, 6.07) is 17.6. The quantitative estimate of drug-likeness (QED) is 0.718. The first kappa shape index (κ1) is 15.7. The van der Waals surface area contributed by atoms with Crippen molar-refractivity contribution in [2.24, 2.45) is 0 Å². The molecule has 116 valence electrons. The third kappa shape index (κ3) is 3.42. The predicted molar refractivity (Wildman–Crippen MR) is 97.5 cm³/mol. The summed E-state index contributed by atoms with van der Waals surface area (Å²) >= 11 is 3.48. The molecule has 0 saturated heterocycles. The number of carbonyl (C=O) groups excluding carboxylic acids is 1. The summed E-state index contributed by atoms with van der Waals surface area (Å²) in [5.41, 5.74) is 3.27. The number of nitrogens with one attached hydrogen (secondary N) is 1. The van der Waals surface area contributed by atoms with Crippen molar-refractivity contribution in [2.75, 3.05) is 6.54 Å². The number of rotatable bonds is 4. The maximum Gasteiger partial charge on any atom is 0.252 e. The molecule has 1 N–H and O–H groups in total. The van der Waals surface area contributed by atoms with Gasteiger partial charge in [0, 0.05) is 22.0 Å². The van der Waals surface area contributed by atoms with E-state index in [0.29, 0.717) is 12.1 Å². The Hall–Kier alpha value is -2.20. The van der Waals surface area contributed by atoms with E-state index >= 15 is 0 Å². The van der Waals surface area contributed by atoms with Gasteiger partial charge in [0.1, 0.15) is 0 Å². The summed E-state index contributed by atoms with van der Waals surface area (Å²) in [4.78, 5) is 17.2. The summed E-state index contributed by atoms with van der Waals surface area (Å²) < 4.78 is 0.988. The minimum Gasteiger partial charge on any atom is -0.352 e. The van der Waals surface area contributed by atoms with Gasteiger partial charge >= 0.3 is 0 Å². The van der Waals surface area contributed by atoms with Gasteiger partial charge in [-0.05, 0) is 30.7 Å². The minimum atomic E-state index is -0.0540. The van der Waals surface area contributed by atoms with Gasteiger partial charge in [-0.3, -0.25) is 4.79 Å². The number of nitrogens with zero attached hydrogens (tertiary/aromatic N) is 1. The fourth-order valence-corrected chi connectivity index (χ4v) is 2.89.